The standard InChI is InChI=1S/C24H24F7N7O3/c25-18(26)6-15-14(11-41-36-15)21(39)35-20(13-1-3-23(27,28)4-2-13)16-9-38-19(33-16)5-12(7-32-38)8-37-10-17(24(29,30)31)34-22(37)40/h5,7,9,11,13,17-18,20H,1-4,6,8,10H2,(H,34,40)(H,35,39)/t17-,20?/m0/s1. The monoisotopic (exact) mass is 591 g/mol. The number of imidazole rings is 1. The van der Waals surface area contributed by atoms with Crippen LogP contribution in [0.3, 0.4) is 0 Å². The number of amides is 3. The lowest BCUT2D eigenvalue weighted by atomic mass is 9.81. The zero-order valence-corrected chi connectivity index (χ0v) is 21.2. The number of nitrogens with zero attached hydrogens (tertiary/aromatic N) is 5. The summed E-state index contributed by atoms with van der Waals surface area (Å²) < 4.78 is 98.7. The van der Waals surface area contributed by atoms with Crippen LogP contribution in [0.15, 0.2) is 29.2 Å². The van der Waals surface area contributed by atoms with E-state index >= 15 is 0 Å². The molecule has 1 saturated heterocycles. The molecule has 0 aromatic carbocycles. The fourth-order valence-corrected chi connectivity index (χ4v) is 5.09. The molecule has 1 aliphatic carbocycles. The number of halogens is 7. The molecular weight excluding hydrogens is 567 g/mol. The van der Waals surface area contributed by atoms with Gasteiger partial charge in [0.25, 0.3) is 5.91 Å². The Balaban J connectivity index is 1.39. The molecule has 2 fully saturated rings. The minimum atomic E-state index is -4.60. The molecular formula is C24H24F7N7O3. The van der Waals surface area contributed by atoms with Gasteiger partial charge >= 0.3 is 12.2 Å². The van der Waals surface area contributed by atoms with Gasteiger partial charge < -0.3 is 20.1 Å². The maximum absolute atomic E-state index is 13.9. The van der Waals surface area contributed by atoms with E-state index in [9.17, 15) is 40.3 Å². The quantitative estimate of drug-likeness (QED) is 0.378. The Morgan fingerprint density at radius 3 is 2.63 bits per heavy atom. The SMILES string of the molecule is O=C(NC(c1cn2ncc(CN3C[C@@H](C(F)(F)F)NC3=O)cc2n1)C1CCC(F)(F)CC1)c1conc1CC(F)F. The number of rotatable bonds is 8. The van der Waals surface area contributed by atoms with E-state index in [1.165, 1.54) is 23.0 Å². The van der Waals surface area contributed by atoms with Gasteiger partial charge in [-0.3, -0.25) is 4.79 Å². The molecule has 3 aromatic heterocycles. The number of hydrogen-bond acceptors (Lipinski definition) is 6. The molecule has 41 heavy (non-hydrogen) atoms. The van der Waals surface area contributed by atoms with Crippen LogP contribution >= 0.6 is 0 Å². The maximum Gasteiger partial charge on any atom is 0.410 e. The predicted molar refractivity (Wildman–Crippen MR) is 125 cm³/mol. The molecule has 1 aliphatic heterocycles. The highest BCUT2D eigenvalue weighted by Gasteiger charge is 2.47. The van der Waals surface area contributed by atoms with E-state index in [2.05, 4.69) is 20.6 Å². The van der Waals surface area contributed by atoms with Crippen molar-refractivity contribution in [1.82, 2.24) is 35.3 Å². The fraction of sp³-hybridized carbons (Fsp3) is 0.542. The van der Waals surface area contributed by atoms with Crippen molar-refractivity contribution in [3.8, 4) is 0 Å². The van der Waals surface area contributed by atoms with E-state index in [0.717, 1.165) is 11.2 Å². The Labute approximate surface area is 227 Å². The lowest BCUT2D eigenvalue weighted by Gasteiger charge is -2.33. The summed E-state index contributed by atoms with van der Waals surface area (Å²) in [6, 6.07) is -2.29. The first-order chi connectivity index (χ1) is 19.3. The number of carbonyl (C=O) groups is 2. The largest absolute Gasteiger partial charge is 0.410 e. The van der Waals surface area contributed by atoms with Crippen LogP contribution in [0.25, 0.3) is 5.65 Å². The highest BCUT2D eigenvalue weighted by atomic mass is 19.4. The summed E-state index contributed by atoms with van der Waals surface area (Å²) in [6.45, 7) is -0.758. The van der Waals surface area contributed by atoms with Gasteiger partial charge in [-0.25, -0.2) is 31.9 Å². The van der Waals surface area contributed by atoms with E-state index in [4.69, 9.17) is 4.52 Å². The number of carbonyl (C=O) groups excluding carboxylic acids is 2. The Hall–Kier alpha value is -3.92. The normalized spacial score (nSPS) is 20.5. The topological polar surface area (TPSA) is 118 Å². The molecule has 1 saturated carbocycles. The number of nitrogens with one attached hydrogen (secondary N) is 2. The average Bonchev–Trinajstić information content (AvgIpc) is 3.61. The van der Waals surface area contributed by atoms with Crippen LogP contribution in [0.4, 0.5) is 35.5 Å². The Morgan fingerprint density at radius 2 is 1.98 bits per heavy atom. The fourth-order valence-electron chi connectivity index (χ4n) is 5.09. The zero-order valence-electron chi connectivity index (χ0n) is 21.2. The van der Waals surface area contributed by atoms with Crippen molar-refractivity contribution in [2.24, 2.45) is 5.92 Å². The zero-order chi connectivity index (χ0) is 29.5. The molecule has 3 aromatic rings. The van der Waals surface area contributed by atoms with Gasteiger partial charge in [0.05, 0.1) is 37.1 Å². The molecule has 5 rings (SSSR count). The second-order valence-corrected chi connectivity index (χ2v) is 10.2. The van der Waals surface area contributed by atoms with Crippen molar-refractivity contribution in [3.05, 3.63) is 47.2 Å². The molecule has 2 N–H and O–H groups in total. The van der Waals surface area contributed by atoms with Crippen molar-refractivity contribution >= 4 is 17.6 Å². The molecule has 3 amide bonds. The first-order valence-corrected chi connectivity index (χ1v) is 12.7. The average molecular weight is 591 g/mol. The predicted octanol–water partition coefficient (Wildman–Crippen LogP) is 4.28. The van der Waals surface area contributed by atoms with Crippen molar-refractivity contribution in [1.29, 1.82) is 0 Å². The smallest absolute Gasteiger partial charge is 0.364 e. The molecule has 1 unspecified atom stereocenters. The minimum absolute atomic E-state index is 0.0441. The molecule has 10 nitrogen and oxygen atoms in total. The summed E-state index contributed by atoms with van der Waals surface area (Å²) in [5.74, 6) is -4.13. The van der Waals surface area contributed by atoms with Crippen LogP contribution in [0.2, 0.25) is 0 Å². The molecule has 4 heterocycles. The summed E-state index contributed by atoms with van der Waals surface area (Å²) >= 11 is 0. The van der Waals surface area contributed by atoms with Crippen molar-refractivity contribution in [2.75, 3.05) is 6.54 Å². The number of aromatic nitrogens is 4. The number of urea groups is 1. The van der Waals surface area contributed by atoms with Gasteiger partial charge in [-0.15, -0.1) is 0 Å². The summed E-state index contributed by atoms with van der Waals surface area (Å²) in [4.78, 5) is 30.6. The van der Waals surface area contributed by atoms with Crippen molar-refractivity contribution < 1.29 is 44.8 Å². The Bertz CT molecular complexity index is 1410. The Morgan fingerprint density at radius 1 is 1.24 bits per heavy atom. The minimum Gasteiger partial charge on any atom is -0.364 e. The highest BCUT2D eigenvalue weighted by molar-refractivity contribution is 5.95. The second kappa shape index (κ2) is 10.8. The Kier molecular flexibility index (Phi) is 7.54. The number of hydrogen-bond donors (Lipinski definition) is 2. The van der Waals surface area contributed by atoms with Crippen LogP contribution in [0, 0.1) is 5.92 Å². The van der Waals surface area contributed by atoms with E-state index in [1.807, 2.05) is 5.32 Å². The first-order valence-electron chi connectivity index (χ1n) is 12.7. The number of fused-ring (bicyclic) bond motifs is 1. The summed E-state index contributed by atoms with van der Waals surface area (Å²) in [5, 5.41) is 12.2. The van der Waals surface area contributed by atoms with Crippen molar-refractivity contribution in [2.45, 2.75) is 69.3 Å². The van der Waals surface area contributed by atoms with Gasteiger partial charge in [0.1, 0.15) is 23.6 Å². The second-order valence-electron chi connectivity index (χ2n) is 10.2. The van der Waals surface area contributed by atoms with E-state index < -0.39 is 74.3 Å². The summed E-state index contributed by atoms with van der Waals surface area (Å²) in [7, 11) is 0. The van der Waals surface area contributed by atoms with Gasteiger partial charge in [-0.1, -0.05) is 5.16 Å². The van der Waals surface area contributed by atoms with Crippen LogP contribution in [-0.2, 0) is 13.0 Å². The molecule has 0 spiro atoms. The van der Waals surface area contributed by atoms with Crippen molar-refractivity contribution in [3.63, 3.8) is 0 Å². The van der Waals surface area contributed by atoms with Gasteiger partial charge in [0.15, 0.2) is 5.65 Å². The van der Waals surface area contributed by atoms with E-state index in [0.29, 0.717) is 5.56 Å². The van der Waals surface area contributed by atoms with Crippen LogP contribution < -0.4 is 10.6 Å². The molecule has 0 radical (unpaired) electrons. The van der Waals surface area contributed by atoms with Gasteiger partial charge in [-0.05, 0) is 30.4 Å². The third-order valence-corrected chi connectivity index (χ3v) is 7.23. The van der Waals surface area contributed by atoms with Gasteiger partial charge in [0, 0.05) is 19.4 Å². The van der Waals surface area contributed by atoms with E-state index in [-0.39, 0.29) is 42.0 Å². The molecule has 17 heteroatoms. The third kappa shape index (κ3) is 6.37. The maximum atomic E-state index is 13.9. The van der Waals surface area contributed by atoms with Gasteiger partial charge in [0.2, 0.25) is 12.3 Å². The van der Waals surface area contributed by atoms with Crippen LogP contribution in [0.1, 0.15) is 59.0 Å². The molecule has 0 bridgehead atoms. The molecule has 2 atom stereocenters. The summed E-state index contributed by atoms with van der Waals surface area (Å²) in [5.41, 5.74) is 0.383. The summed E-state index contributed by atoms with van der Waals surface area (Å²) in [6.07, 6.45) is -5.21. The van der Waals surface area contributed by atoms with Crippen LogP contribution in [-0.4, -0.2) is 67.7 Å². The third-order valence-electron chi connectivity index (χ3n) is 7.23. The van der Waals surface area contributed by atoms with Gasteiger partial charge in [-0.2, -0.15) is 18.3 Å². The highest BCUT2D eigenvalue weighted by Crippen LogP contribution is 2.41. The molecule has 2 aliphatic rings. The number of alkyl halides is 7. The first kappa shape index (κ1) is 28.6. The lowest BCUT2D eigenvalue weighted by molar-refractivity contribution is -0.149. The van der Waals surface area contributed by atoms with E-state index in [1.54, 1.807) is 0 Å². The van der Waals surface area contributed by atoms with Crippen LogP contribution in [0.5, 0.6) is 0 Å². The lowest BCUT2D eigenvalue weighted by Crippen LogP contribution is -2.40. The molecule has 222 valence electrons.